The van der Waals surface area contributed by atoms with E-state index in [0.29, 0.717) is 0 Å². The molecular formula is C3H12O12S3. The summed E-state index contributed by atoms with van der Waals surface area (Å²) in [6.45, 7) is 0. The zero-order chi connectivity index (χ0) is 15.6. The lowest BCUT2D eigenvalue weighted by molar-refractivity contribution is 0.323. The normalized spacial score (nSPS) is 11.7. The average molecular weight is 336 g/mol. The Morgan fingerprint density at radius 3 is 0.611 bits per heavy atom. The van der Waals surface area contributed by atoms with Gasteiger partial charge in [0.15, 0.2) is 0 Å². The number of hydrogen-bond donors (Lipinski definition) is 3. The zero-order valence-electron chi connectivity index (χ0n) is 9.24. The molecule has 0 aromatic heterocycles. The zero-order valence-corrected chi connectivity index (χ0v) is 11.7. The van der Waals surface area contributed by atoms with Crippen LogP contribution in [-0.4, -0.2) is 60.2 Å². The van der Waals surface area contributed by atoms with Gasteiger partial charge in [0.1, 0.15) is 0 Å². The Labute approximate surface area is 104 Å². The fourth-order valence-electron chi connectivity index (χ4n) is 0. The Kier molecular flexibility index (Phi) is 12.0. The van der Waals surface area contributed by atoms with Crippen molar-refractivity contribution in [1.82, 2.24) is 0 Å². The van der Waals surface area contributed by atoms with Crippen LogP contribution in [0.3, 0.4) is 0 Å². The minimum absolute atomic E-state index is 0.870. The van der Waals surface area contributed by atoms with Gasteiger partial charge in [0.25, 0.3) is 0 Å². The van der Waals surface area contributed by atoms with Gasteiger partial charge in [-0.25, -0.2) is 0 Å². The van der Waals surface area contributed by atoms with Gasteiger partial charge >= 0.3 is 31.2 Å². The van der Waals surface area contributed by atoms with Crippen molar-refractivity contribution < 1.29 is 51.5 Å². The quantitative estimate of drug-likeness (QED) is 0.496. The molecule has 0 aromatic carbocycles. The van der Waals surface area contributed by atoms with Gasteiger partial charge in [-0.3, -0.25) is 26.2 Å². The van der Waals surface area contributed by atoms with Crippen LogP contribution in [0.25, 0.3) is 0 Å². The molecule has 0 saturated carbocycles. The maximum absolute atomic E-state index is 9.33. The van der Waals surface area contributed by atoms with Gasteiger partial charge in [-0.2, -0.15) is 25.3 Å². The van der Waals surface area contributed by atoms with Gasteiger partial charge in [0.05, 0.1) is 21.3 Å². The van der Waals surface area contributed by atoms with Crippen LogP contribution >= 0.6 is 0 Å². The van der Waals surface area contributed by atoms with E-state index in [0.717, 1.165) is 21.3 Å². The van der Waals surface area contributed by atoms with Gasteiger partial charge in [-0.05, 0) is 0 Å². The predicted molar refractivity (Wildman–Crippen MR) is 55.7 cm³/mol. The SMILES string of the molecule is COS(=O)(=O)O.COS(=O)(=O)O.COS(=O)(=O)O. The molecule has 114 valence electrons. The Morgan fingerprint density at radius 2 is 0.611 bits per heavy atom. The second-order valence-corrected chi connectivity index (χ2v) is 5.35. The lowest BCUT2D eigenvalue weighted by Gasteiger charge is -1.82. The number of hydrogen-bond acceptors (Lipinski definition) is 9. The monoisotopic (exact) mass is 336 g/mol. The van der Waals surface area contributed by atoms with Gasteiger partial charge in [0, 0.05) is 0 Å². The molecule has 0 heterocycles. The van der Waals surface area contributed by atoms with Crippen molar-refractivity contribution in [2.24, 2.45) is 0 Å². The molecular weight excluding hydrogens is 324 g/mol. The molecule has 0 amide bonds. The van der Waals surface area contributed by atoms with Crippen molar-refractivity contribution in [3.8, 4) is 0 Å². The van der Waals surface area contributed by atoms with Crippen LogP contribution in [0.1, 0.15) is 0 Å². The minimum Gasteiger partial charge on any atom is -0.264 e. The van der Waals surface area contributed by atoms with E-state index in [-0.39, 0.29) is 0 Å². The first-order chi connectivity index (χ1) is 7.68. The lowest BCUT2D eigenvalue weighted by Crippen LogP contribution is -1.96. The summed E-state index contributed by atoms with van der Waals surface area (Å²) in [6, 6.07) is 0. The Balaban J connectivity index is -0.000000187. The highest BCUT2D eigenvalue weighted by Crippen LogP contribution is 1.75. The van der Waals surface area contributed by atoms with Crippen molar-refractivity contribution in [2.75, 3.05) is 21.3 Å². The predicted octanol–water partition coefficient (Wildman–Crippen LogP) is -1.69. The van der Waals surface area contributed by atoms with Crippen molar-refractivity contribution in [3.05, 3.63) is 0 Å². The highest BCUT2D eigenvalue weighted by molar-refractivity contribution is 7.81. The van der Waals surface area contributed by atoms with Crippen LogP contribution < -0.4 is 0 Å². The molecule has 0 aliphatic heterocycles. The Morgan fingerprint density at radius 1 is 0.556 bits per heavy atom. The third-order valence-electron chi connectivity index (χ3n) is 0.632. The average Bonchev–Trinajstić information content (AvgIpc) is 2.16. The first kappa shape index (κ1) is 22.8. The second-order valence-electron chi connectivity index (χ2n) is 1.78. The molecule has 0 saturated heterocycles. The summed E-state index contributed by atoms with van der Waals surface area (Å²) in [7, 11) is -9.87. The molecule has 0 aliphatic carbocycles. The van der Waals surface area contributed by atoms with E-state index < -0.39 is 31.2 Å². The summed E-state index contributed by atoms with van der Waals surface area (Å²) in [6.07, 6.45) is 0. The van der Waals surface area contributed by atoms with E-state index in [4.69, 9.17) is 13.7 Å². The van der Waals surface area contributed by atoms with Crippen LogP contribution in [0.2, 0.25) is 0 Å². The highest BCUT2D eigenvalue weighted by atomic mass is 32.3. The molecule has 0 atom stereocenters. The minimum atomic E-state index is -4.16. The molecule has 3 N–H and O–H groups in total. The van der Waals surface area contributed by atoms with E-state index in [1.54, 1.807) is 0 Å². The molecule has 12 nitrogen and oxygen atoms in total. The first-order valence-corrected chi connectivity index (χ1v) is 7.37. The summed E-state index contributed by atoms with van der Waals surface area (Å²) in [5, 5.41) is 0. The Bertz CT molecular complexity index is 405. The summed E-state index contributed by atoms with van der Waals surface area (Å²) in [5.74, 6) is 0. The number of rotatable bonds is 3. The molecule has 0 aromatic rings. The van der Waals surface area contributed by atoms with Crippen molar-refractivity contribution in [1.29, 1.82) is 0 Å². The molecule has 0 bridgehead atoms. The van der Waals surface area contributed by atoms with Crippen LogP contribution in [0, 0.1) is 0 Å². The smallest absolute Gasteiger partial charge is 0.264 e. The first-order valence-electron chi connectivity index (χ1n) is 3.27. The van der Waals surface area contributed by atoms with E-state index in [1.165, 1.54) is 0 Å². The fourth-order valence-corrected chi connectivity index (χ4v) is 0. The van der Waals surface area contributed by atoms with E-state index in [9.17, 15) is 25.3 Å². The maximum Gasteiger partial charge on any atom is 0.397 e. The van der Waals surface area contributed by atoms with Crippen LogP contribution in [0.15, 0.2) is 0 Å². The topological polar surface area (TPSA) is 191 Å². The van der Waals surface area contributed by atoms with Gasteiger partial charge in [-0.1, -0.05) is 0 Å². The van der Waals surface area contributed by atoms with Gasteiger partial charge in [0.2, 0.25) is 0 Å². The molecule has 0 spiro atoms. The van der Waals surface area contributed by atoms with Gasteiger partial charge < -0.3 is 0 Å². The van der Waals surface area contributed by atoms with Crippen LogP contribution in [0.4, 0.5) is 0 Å². The summed E-state index contributed by atoms with van der Waals surface area (Å²) in [4.78, 5) is 0. The standard InChI is InChI=1S/3CH4O4S/c3*1-5-6(2,3)4/h3*1H3,(H,2,3,4). The van der Waals surface area contributed by atoms with Crippen LogP contribution in [-0.2, 0) is 43.7 Å². The third-order valence-corrected chi connectivity index (χ3v) is 1.90. The van der Waals surface area contributed by atoms with Crippen molar-refractivity contribution >= 4 is 31.2 Å². The summed E-state index contributed by atoms with van der Waals surface area (Å²) in [5.41, 5.74) is 0. The molecule has 0 fully saturated rings. The molecule has 0 unspecified atom stereocenters. The van der Waals surface area contributed by atoms with Gasteiger partial charge in [-0.15, -0.1) is 0 Å². The second kappa shape index (κ2) is 9.53. The molecule has 15 heteroatoms. The van der Waals surface area contributed by atoms with Crippen molar-refractivity contribution in [2.45, 2.75) is 0 Å². The fraction of sp³-hybridized carbons (Fsp3) is 1.00. The highest BCUT2D eigenvalue weighted by Gasteiger charge is 1.94. The molecule has 0 radical (unpaired) electrons. The maximum atomic E-state index is 9.33. The Hall–Kier alpha value is -0.390. The molecule has 18 heavy (non-hydrogen) atoms. The largest absolute Gasteiger partial charge is 0.397 e. The summed E-state index contributed by atoms with van der Waals surface area (Å²) < 4.78 is 89.1. The van der Waals surface area contributed by atoms with Crippen LogP contribution in [0.5, 0.6) is 0 Å². The summed E-state index contributed by atoms with van der Waals surface area (Å²) >= 11 is 0. The van der Waals surface area contributed by atoms with E-state index in [2.05, 4.69) is 12.5 Å². The van der Waals surface area contributed by atoms with E-state index >= 15 is 0 Å². The third kappa shape index (κ3) is 44.9. The van der Waals surface area contributed by atoms with Crippen molar-refractivity contribution in [3.63, 3.8) is 0 Å². The molecule has 0 rings (SSSR count). The van der Waals surface area contributed by atoms with E-state index in [1.807, 2.05) is 0 Å². The lowest BCUT2D eigenvalue weighted by atomic mass is 11.8. The molecule has 0 aliphatic rings.